The second kappa shape index (κ2) is 7.00. The summed E-state index contributed by atoms with van der Waals surface area (Å²) in [5.41, 5.74) is 0.266. The van der Waals surface area contributed by atoms with E-state index in [2.05, 4.69) is 4.90 Å². The lowest BCUT2D eigenvalue weighted by Gasteiger charge is -2.23. The molecule has 0 aliphatic carbocycles. The third-order valence-corrected chi connectivity index (χ3v) is 4.96. The number of nitro groups is 1. The molecule has 1 aromatic rings. The van der Waals surface area contributed by atoms with Gasteiger partial charge in [0.05, 0.1) is 16.7 Å². The molecule has 104 valence electrons. The van der Waals surface area contributed by atoms with Gasteiger partial charge < -0.3 is 4.90 Å². The fourth-order valence-corrected chi connectivity index (χ4v) is 3.89. The normalized spacial score (nSPS) is 17.4. The molecule has 2 rings (SSSR count). The highest BCUT2D eigenvalue weighted by molar-refractivity contribution is 8.00. The van der Waals surface area contributed by atoms with Crippen molar-refractivity contribution in [2.24, 2.45) is 0 Å². The summed E-state index contributed by atoms with van der Waals surface area (Å²) < 4.78 is 13.3. The smallest absolute Gasteiger partial charge is 0.306 e. The van der Waals surface area contributed by atoms with Gasteiger partial charge >= 0.3 is 5.69 Å². The van der Waals surface area contributed by atoms with E-state index in [1.807, 2.05) is 23.5 Å². The Hall–Kier alpha value is -0.950. The van der Waals surface area contributed by atoms with Crippen LogP contribution in [-0.2, 0) is 0 Å². The number of anilines is 1. The molecule has 0 unspecified atom stereocenters. The summed E-state index contributed by atoms with van der Waals surface area (Å²) in [6.07, 6.45) is 2.41. The molecule has 0 bridgehead atoms. The van der Waals surface area contributed by atoms with Crippen LogP contribution in [0, 0.1) is 15.9 Å². The van der Waals surface area contributed by atoms with Crippen LogP contribution in [0.3, 0.4) is 0 Å². The van der Waals surface area contributed by atoms with Gasteiger partial charge in [-0.2, -0.15) is 4.39 Å². The molecule has 1 heterocycles. The van der Waals surface area contributed by atoms with Crippen molar-refractivity contribution in [1.29, 1.82) is 0 Å². The topological polar surface area (TPSA) is 46.4 Å². The monoisotopic (exact) mass is 302 g/mol. The molecule has 1 aliphatic heterocycles. The highest BCUT2D eigenvalue weighted by Gasteiger charge is 2.17. The van der Waals surface area contributed by atoms with E-state index in [-0.39, 0.29) is 0 Å². The second-order valence-corrected chi connectivity index (χ2v) is 6.36. The molecule has 4 nitrogen and oxygen atoms in total. The van der Waals surface area contributed by atoms with Crippen molar-refractivity contribution in [3.8, 4) is 0 Å². The summed E-state index contributed by atoms with van der Waals surface area (Å²) in [5, 5.41) is 10.8. The third kappa shape index (κ3) is 4.01. The lowest BCUT2D eigenvalue weighted by molar-refractivity contribution is -0.387. The predicted octanol–water partition coefficient (Wildman–Crippen LogP) is 3.72. The minimum absolute atomic E-state index is 0.452. The van der Waals surface area contributed by atoms with Crippen LogP contribution in [0.15, 0.2) is 18.2 Å². The highest BCUT2D eigenvalue weighted by Crippen LogP contribution is 2.28. The van der Waals surface area contributed by atoms with Crippen molar-refractivity contribution < 1.29 is 9.31 Å². The summed E-state index contributed by atoms with van der Waals surface area (Å²) in [6, 6.07) is 4.12. The molecular weight excluding hydrogens is 287 g/mol. The molecule has 7 heteroatoms. The third-order valence-electron chi connectivity index (χ3n) is 2.81. The SMILES string of the molecule is O=[N+]([O-])c1cc(N2CSCCCCSC2)ccc1F. The molecule has 1 saturated heterocycles. The Bertz CT molecular complexity index is 449. The van der Waals surface area contributed by atoms with Crippen molar-refractivity contribution in [2.75, 3.05) is 28.2 Å². The molecule has 0 N–H and O–H groups in total. The number of nitro benzene ring substituents is 1. The standard InChI is InChI=1S/C12H15FN2O2S2/c13-11-4-3-10(7-12(11)15(16)17)14-8-18-5-1-2-6-19-9-14/h3-4,7H,1-2,5-6,8-9H2. The average Bonchev–Trinajstić information content (AvgIpc) is 2.52. The van der Waals surface area contributed by atoms with Crippen molar-refractivity contribution in [3.05, 3.63) is 34.1 Å². The van der Waals surface area contributed by atoms with Gasteiger partial charge in [0, 0.05) is 11.8 Å². The number of hydrogen-bond donors (Lipinski definition) is 0. The van der Waals surface area contributed by atoms with Gasteiger partial charge in [-0.3, -0.25) is 10.1 Å². The number of halogens is 1. The van der Waals surface area contributed by atoms with Crippen LogP contribution >= 0.6 is 23.5 Å². The average molecular weight is 302 g/mol. The molecule has 0 spiro atoms. The Balaban J connectivity index is 2.18. The van der Waals surface area contributed by atoms with E-state index in [1.54, 1.807) is 6.07 Å². The maximum absolute atomic E-state index is 13.3. The van der Waals surface area contributed by atoms with E-state index in [4.69, 9.17) is 0 Å². The van der Waals surface area contributed by atoms with Crippen LogP contribution in [0.1, 0.15) is 12.8 Å². The zero-order valence-electron chi connectivity index (χ0n) is 10.4. The van der Waals surface area contributed by atoms with Gasteiger partial charge in [-0.25, -0.2) is 0 Å². The van der Waals surface area contributed by atoms with Gasteiger partial charge in [-0.05, 0) is 36.5 Å². The Labute approximate surface area is 119 Å². The summed E-state index contributed by atoms with van der Waals surface area (Å²) in [7, 11) is 0. The molecule has 19 heavy (non-hydrogen) atoms. The van der Waals surface area contributed by atoms with E-state index in [1.165, 1.54) is 25.0 Å². The van der Waals surface area contributed by atoms with Gasteiger partial charge in [0.1, 0.15) is 0 Å². The minimum atomic E-state index is -0.779. The fraction of sp³-hybridized carbons (Fsp3) is 0.500. The molecule has 0 atom stereocenters. The molecule has 0 saturated carbocycles. The molecule has 0 amide bonds. The lowest BCUT2D eigenvalue weighted by atomic mass is 10.2. The van der Waals surface area contributed by atoms with Crippen LogP contribution in [0.4, 0.5) is 15.8 Å². The van der Waals surface area contributed by atoms with Crippen molar-refractivity contribution in [3.63, 3.8) is 0 Å². The number of thioether (sulfide) groups is 2. The van der Waals surface area contributed by atoms with Gasteiger partial charge in [0.2, 0.25) is 5.82 Å². The van der Waals surface area contributed by atoms with Gasteiger partial charge in [-0.1, -0.05) is 0 Å². The quantitative estimate of drug-likeness (QED) is 0.615. The van der Waals surface area contributed by atoms with Crippen LogP contribution in [0.2, 0.25) is 0 Å². The van der Waals surface area contributed by atoms with Gasteiger partial charge in [0.25, 0.3) is 0 Å². The van der Waals surface area contributed by atoms with E-state index < -0.39 is 16.4 Å². The Kier molecular flexibility index (Phi) is 5.33. The first kappa shape index (κ1) is 14.5. The Morgan fingerprint density at radius 3 is 2.42 bits per heavy atom. The zero-order chi connectivity index (χ0) is 13.7. The van der Waals surface area contributed by atoms with E-state index in [0.29, 0.717) is 0 Å². The summed E-state index contributed by atoms with van der Waals surface area (Å²) in [5.74, 6) is 2.99. The predicted molar refractivity (Wildman–Crippen MR) is 79.4 cm³/mol. The first-order valence-corrected chi connectivity index (χ1v) is 8.34. The van der Waals surface area contributed by atoms with Crippen LogP contribution in [-0.4, -0.2) is 28.2 Å². The van der Waals surface area contributed by atoms with Crippen molar-refractivity contribution in [2.45, 2.75) is 12.8 Å². The molecule has 1 aromatic carbocycles. The highest BCUT2D eigenvalue weighted by atomic mass is 32.2. The summed E-state index contributed by atoms with van der Waals surface area (Å²) in [4.78, 5) is 12.2. The number of rotatable bonds is 2. The largest absolute Gasteiger partial charge is 0.353 e. The maximum atomic E-state index is 13.3. The number of benzene rings is 1. The number of nitrogens with zero attached hydrogens (tertiary/aromatic N) is 2. The Morgan fingerprint density at radius 1 is 1.21 bits per heavy atom. The minimum Gasteiger partial charge on any atom is -0.353 e. The van der Waals surface area contributed by atoms with E-state index >= 15 is 0 Å². The fourth-order valence-electron chi connectivity index (χ4n) is 1.78. The summed E-state index contributed by atoms with van der Waals surface area (Å²) in [6.45, 7) is 0. The zero-order valence-corrected chi connectivity index (χ0v) is 12.0. The van der Waals surface area contributed by atoms with Gasteiger partial charge in [0.15, 0.2) is 0 Å². The van der Waals surface area contributed by atoms with Gasteiger partial charge in [-0.15, -0.1) is 23.5 Å². The molecule has 0 radical (unpaired) electrons. The number of hydrogen-bond acceptors (Lipinski definition) is 5. The molecule has 1 aliphatic rings. The maximum Gasteiger partial charge on any atom is 0.306 e. The van der Waals surface area contributed by atoms with Crippen LogP contribution in [0.25, 0.3) is 0 Å². The second-order valence-electron chi connectivity index (χ2n) is 4.21. The van der Waals surface area contributed by atoms with E-state index in [0.717, 1.165) is 28.9 Å². The first-order chi connectivity index (χ1) is 9.18. The van der Waals surface area contributed by atoms with Crippen molar-refractivity contribution in [1.82, 2.24) is 0 Å². The molecule has 1 fully saturated rings. The Morgan fingerprint density at radius 2 is 1.84 bits per heavy atom. The first-order valence-electron chi connectivity index (χ1n) is 6.03. The lowest BCUT2D eigenvalue weighted by Crippen LogP contribution is -2.22. The van der Waals surface area contributed by atoms with Crippen LogP contribution < -0.4 is 4.90 Å². The van der Waals surface area contributed by atoms with Crippen LogP contribution in [0.5, 0.6) is 0 Å². The molecular formula is C12H15FN2O2S2. The van der Waals surface area contributed by atoms with E-state index in [9.17, 15) is 14.5 Å². The molecule has 0 aromatic heterocycles. The summed E-state index contributed by atoms with van der Waals surface area (Å²) >= 11 is 3.63. The van der Waals surface area contributed by atoms with Crippen molar-refractivity contribution >= 4 is 34.9 Å².